The van der Waals surface area contributed by atoms with E-state index in [0.29, 0.717) is 6.29 Å². The molecule has 0 aliphatic carbocycles. The molecule has 4 heteroatoms. The second kappa shape index (κ2) is 4.00. The van der Waals surface area contributed by atoms with E-state index in [0.717, 1.165) is 0 Å². The number of amides is 1. The maximum absolute atomic E-state index is 10.8. The van der Waals surface area contributed by atoms with E-state index in [1.165, 1.54) is 4.90 Å². The van der Waals surface area contributed by atoms with Crippen LogP contribution in [0.2, 0.25) is 0 Å². The summed E-state index contributed by atoms with van der Waals surface area (Å²) in [7, 11) is 1.55. The van der Waals surface area contributed by atoms with Gasteiger partial charge in [0.1, 0.15) is 6.29 Å². The zero-order valence-corrected chi connectivity index (χ0v) is 6.20. The van der Waals surface area contributed by atoms with Crippen LogP contribution >= 0.6 is 0 Å². The molecule has 0 radical (unpaired) electrons. The molecular formula is C6H12N2O2. The van der Waals surface area contributed by atoms with Gasteiger partial charge in [-0.25, -0.2) is 0 Å². The summed E-state index contributed by atoms with van der Waals surface area (Å²) in [5.41, 5.74) is 5.06. The van der Waals surface area contributed by atoms with Crippen LogP contribution in [-0.4, -0.2) is 36.7 Å². The van der Waals surface area contributed by atoms with Crippen molar-refractivity contribution in [3.8, 4) is 0 Å². The molecule has 0 unspecified atom stereocenters. The molecule has 0 aliphatic rings. The van der Waals surface area contributed by atoms with Crippen LogP contribution in [0, 0.1) is 0 Å². The summed E-state index contributed by atoms with van der Waals surface area (Å²) in [6.45, 7) is 1.59. The fraction of sp³-hybridized carbons (Fsp3) is 0.667. The van der Waals surface area contributed by atoms with Gasteiger partial charge in [-0.15, -0.1) is 0 Å². The Labute approximate surface area is 60.0 Å². The number of nitrogens with two attached hydrogens (primary N) is 1. The molecule has 0 fully saturated rings. The van der Waals surface area contributed by atoms with Gasteiger partial charge in [0.25, 0.3) is 0 Å². The van der Waals surface area contributed by atoms with Crippen molar-refractivity contribution >= 4 is 12.2 Å². The summed E-state index contributed by atoms with van der Waals surface area (Å²) in [5, 5.41) is 0. The van der Waals surface area contributed by atoms with Crippen LogP contribution in [0.5, 0.6) is 0 Å². The molecule has 0 spiro atoms. The Kier molecular flexibility index (Phi) is 3.64. The van der Waals surface area contributed by atoms with E-state index in [2.05, 4.69) is 0 Å². The van der Waals surface area contributed by atoms with Gasteiger partial charge < -0.3 is 15.4 Å². The third-order valence-corrected chi connectivity index (χ3v) is 1.38. The van der Waals surface area contributed by atoms with Crippen LogP contribution in [-0.2, 0) is 9.59 Å². The second-order valence-corrected chi connectivity index (χ2v) is 2.09. The number of hydrogen-bond donors (Lipinski definition) is 1. The van der Waals surface area contributed by atoms with E-state index >= 15 is 0 Å². The van der Waals surface area contributed by atoms with Crippen molar-refractivity contribution in [1.82, 2.24) is 4.90 Å². The fourth-order valence-corrected chi connectivity index (χ4v) is 0.462. The van der Waals surface area contributed by atoms with Crippen LogP contribution in [0.1, 0.15) is 6.92 Å². The van der Waals surface area contributed by atoms with Crippen molar-refractivity contribution in [2.45, 2.75) is 13.0 Å². The molecule has 1 atom stereocenters. The van der Waals surface area contributed by atoms with Gasteiger partial charge in [0.15, 0.2) is 0 Å². The zero-order chi connectivity index (χ0) is 8.15. The number of carbonyl (C=O) groups is 2. The Morgan fingerprint density at radius 1 is 1.80 bits per heavy atom. The number of likely N-dealkylation sites (N-methyl/N-ethyl adjacent to an activating group) is 1. The van der Waals surface area contributed by atoms with Crippen molar-refractivity contribution in [2.24, 2.45) is 5.73 Å². The highest BCUT2D eigenvalue weighted by atomic mass is 16.2. The van der Waals surface area contributed by atoms with Crippen molar-refractivity contribution in [1.29, 1.82) is 0 Å². The smallest absolute Gasteiger partial charge is 0.236 e. The van der Waals surface area contributed by atoms with Gasteiger partial charge in [-0.3, -0.25) is 4.79 Å². The summed E-state index contributed by atoms with van der Waals surface area (Å²) in [6, 6.07) is -0.379. The zero-order valence-electron chi connectivity index (χ0n) is 6.20. The van der Waals surface area contributed by atoms with Crippen LogP contribution in [0.15, 0.2) is 0 Å². The Balaban J connectivity index is 3.93. The van der Waals surface area contributed by atoms with Gasteiger partial charge in [-0.2, -0.15) is 0 Å². The Morgan fingerprint density at radius 3 is 2.60 bits per heavy atom. The van der Waals surface area contributed by atoms with Crippen molar-refractivity contribution in [3.63, 3.8) is 0 Å². The lowest BCUT2D eigenvalue weighted by Gasteiger charge is -2.18. The van der Waals surface area contributed by atoms with Crippen LogP contribution in [0.25, 0.3) is 0 Å². The lowest BCUT2D eigenvalue weighted by Crippen LogP contribution is -2.39. The predicted octanol–water partition coefficient (Wildman–Crippen LogP) is -1.01. The number of rotatable bonds is 3. The highest BCUT2D eigenvalue weighted by molar-refractivity contribution is 5.80. The SMILES string of the molecule is C[C@@H](C=O)N(C)C(=O)CN. The summed E-state index contributed by atoms with van der Waals surface area (Å²) in [4.78, 5) is 22.2. The molecule has 0 bridgehead atoms. The third-order valence-electron chi connectivity index (χ3n) is 1.38. The van der Waals surface area contributed by atoms with Crippen molar-refractivity contribution < 1.29 is 9.59 Å². The predicted molar refractivity (Wildman–Crippen MR) is 37.4 cm³/mol. The Bertz CT molecular complexity index is 136. The fourth-order valence-electron chi connectivity index (χ4n) is 0.462. The minimum atomic E-state index is -0.379. The molecule has 0 heterocycles. The normalized spacial score (nSPS) is 12.3. The summed E-state index contributed by atoms with van der Waals surface area (Å²) >= 11 is 0. The molecule has 0 rings (SSSR count). The van der Waals surface area contributed by atoms with E-state index < -0.39 is 0 Å². The molecule has 58 valence electrons. The minimum Gasteiger partial charge on any atom is -0.335 e. The molecule has 10 heavy (non-hydrogen) atoms. The molecule has 0 saturated heterocycles. The van der Waals surface area contributed by atoms with E-state index in [4.69, 9.17) is 5.73 Å². The second-order valence-electron chi connectivity index (χ2n) is 2.09. The summed E-state index contributed by atoms with van der Waals surface area (Å²) in [6.07, 6.45) is 0.702. The number of hydrogen-bond acceptors (Lipinski definition) is 3. The number of carbonyl (C=O) groups excluding carboxylic acids is 2. The topological polar surface area (TPSA) is 63.4 Å². The highest BCUT2D eigenvalue weighted by Gasteiger charge is 2.11. The molecule has 0 aromatic rings. The first kappa shape index (κ1) is 9.10. The lowest BCUT2D eigenvalue weighted by molar-refractivity contribution is -0.132. The molecule has 0 aromatic heterocycles. The first-order chi connectivity index (χ1) is 4.63. The first-order valence-corrected chi connectivity index (χ1v) is 3.04. The van der Waals surface area contributed by atoms with Gasteiger partial charge in [0, 0.05) is 7.05 Å². The van der Waals surface area contributed by atoms with E-state index in [-0.39, 0.29) is 18.5 Å². The molecular weight excluding hydrogens is 132 g/mol. The highest BCUT2D eigenvalue weighted by Crippen LogP contribution is 1.90. The van der Waals surface area contributed by atoms with Crippen LogP contribution < -0.4 is 5.73 Å². The Morgan fingerprint density at radius 2 is 2.30 bits per heavy atom. The molecule has 0 saturated carbocycles. The lowest BCUT2D eigenvalue weighted by atomic mass is 10.3. The van der Waals surface area contributed by atoms with Gasteiger partial charge in [-0.05, 0) is 6.92 Å². The van der Waals surface area contributed by atoms with Crippen LogP contribution in [0.3, 0.4) is 0 Å². The monoisotopic (exact) mass is 144 g/mol. The quantitative estimate of drug-likeness (QED) is 0.516. The molecule has 2 N–H and O–H groups in total. The van der Waals surface area contributed by atoms with Crippen LogP contribution in [0.4, 0.5) is 0 Å². The Hall–Kier alpha value is -0.900. The van der Waals surface area contributed by atoms with Gasteiger partial charge in [0.05, 0.1) is 12.6 Å². The van der Waals surface area contributed by atoms with Gasteiger partial charge in [0.2, 0.25) is 5.91 Å². The maximum Gasteiger partial charge on any atom is 0.236 e. The molecule has 0 aliphatic heterocycles. The average molecular weight is 144 g/mol. The number of aldehydes is 1. The first-order valence-electron chi connectivity index (χ1n) is 3.04. The summed E-state index contributed by atoms with van der Waals surface area (Å²) < 4.78 is 0. The molecule has 1 amide bonds. The third kappa shape index (κ3) is 2.14. The average Bonchev–Trinajstić information content (AvgIpc) is 2.00. The number of nitrogens with zero attached hydrogens (tertiary/aromatic N) is 1. The summed E-state index contributed by atoms with van der Waals surface area (Å²) in [5.74, 6) is -0.223. The molecule has 0 aromatic carbocycles. The van der Waals surface area contributed by atoms with Gasteiger partial charge >= 0.3 is 0 Å². The van der Waals surface area contributed by atoms with Crippen molar-refractivity contribution in [3.05, 3.63) is 0 Å². The standard InChI is InChI=1S/C6H12N2O2/c1-5(4-9)8(2)6(10)3-7/h4-5H,3,7H2,1-2H3/t5-/m0/s1. The van der Waals surface area contributed by atoms with Crippen molar-refractivity contribution in [2.75, 3.05) is 13.6 Å². The molecule has 4 nitrogen and oxygen atoms in total. The van der Waals surface area contributed by atoms with E-state index in [9.17, 15) is 9.59 Å². The maximum atomic E-state index is 10.8. The minimum absolute atomic E-state index is 0.0469. The largest absolute Gasteiger partial charge is 0.335 e. The van der Waals surface area contributed by atoms with E-state index in [1.54, 1.807) is 14.0 Å². The van der Waals surface area contributed by atoms with E-state index in [1.807, 2.05) is 0 Å². The van der Waals surface area contributed by atoms with Gasteiger partial charge in [-0.1, -0.05) is 0 Å².